The van der Waals surface area contributed by atoms with Crippen LogP contribution < -0.4 is 10.6 Å². The number of ether oxygens (including phenoxy) is 1. The van der Waals surface area contributed by atoms with Crippen LogP contribution in [-0.4, -0.2) is 45.8 Å². The molecule has 2 atom stereocenters. The predicted octanol–water partition coefficient (Wildman–Crippen LogP) is 0.0407. The van der Waals surface area contributed by atoms with Crippen LogP contribution in [0, 0.1) is 0 Å². The lowest BCUT2D eigenvalue weighted by molar-refractivity contribution is -0.148. The molecule has 1 aliphatic heterocycles. The van der Waals surface area contributed by atoms with E-state index in [-0.39, 0.29) is 18.4 Å². The van der Waals surface area contributed by atoms with Crippen LogP contribution >= 0.6 is 0 Å². The molecular formula is C16H19N5O3. The minimum atomic E-state index is -0.767. The number of amides is 2. The zero-order valence-electron chi connectivity index (χ0n) is 13.1. The topological polar surface area (TPSA) is 98.1 Å². The molecule has 1 fully saturated rings. The summed E-state index contributed by atoms with van der Waals surface area (Å²) in [5, 5.41) is 9.76. The Labute approximate surface area is 139 Å². The molecule has 8 nitrogen and oxygen atoms in total. The molecule has 2 aromatic rings. The maximum Gasteiger partial charge on any atom is 0.251 e. The Morgan fingerprint density at radius 2 is 2.33 bits per heavy atom. The average Bonchev–Trinajstić information content (AvgIpc) is 3.12. The molecule has 0 bridgehead atoms. The lowest BCUT2D eigenvalue weighted by Crippen LogP contribution is -2.52. The SMILES string of the molecule is O=C1CO[C@H](C(=O)NCCCn2cccn2)[C@@H](c2cccnc2)N1. The zero-order valence-corrected chi connectivity index (χ0v) is 13.1. The van der Waals surface area contributed by atoms with Crippen molar-refractivity contribution in [1.29, 1.82) is 0 Å². The van der Waals surface area contributed by atoms with Gasteiger partial charge in [0.15, 0.2) is 6.10 Å². The summed E-state index contributed by atoms with van der Waals surface area (Å²) in [4.78, 5) is 28.1. The fourth-order valence-electron chi connectivity index (χ4n) is 2.58. The van der Waals surface area contributed by atoms with Crippen LogP contribution in [0.2, 0.25) is 0 Å². The Morgan fingerprint density at radius 3 is 3.08 bits per heavy atom. The number of carbonyl (C=O) groups is 2. The number of pyridine rings is 1. The number of nitrogens with zero attached hydrogens (tertiary/aromatic N) is 3. The molecule has 0 aliphatic carbocycles. The molecular weight excluding hydrogens is 310 g/mol. The van der Waals surface area contributed by atoms with Crippen LogP contribution in [-0.2, 0) is 20.9 Å². The third-order valence-corrected chi connectivity index (χ3v) is 3.74. The van der Waals surface area contributed by atoms with Gasteiger partial charge in [-0.3, -0.25) is 19.3 Å². The van der Waals surface area contributed by atoms with E-state index >= 15 is 0 Å². The molecule has 24 heavy (non-hydrogen) atoms. The van der Waals surface area contributed by atoms with Crippen molar-refractivity contribution in [2.45, 2.75) is 25.1 Å². The second-order valence-electron chi connectivity index (χ2n) is 5.48. The van der Waals surface area contributed by atoms with Crippen LogP contribution in [0.25, 0.3) is 0 Å². The maximum absolute atomic E-state index is 12.4. The summed E-state index contributed by atoms with van der Waals surface area (Å²) in [7, 11) is 0. The van der Waals surface area contributed by atoms with Gasteiger partial charge in [0.1, 0.15) is 6.61 Å². The molecule has 0 unspecified atom stereocenters. The lowest BCUT2D eigenvalue weighted by Gasteiger charge is -2.31. The molecule has 1 aliphatic rings. The van der Waals surface area contributed by atoms with Crippen molar-refractivity contribution >= 4 is 11.8 Å². The minimum absolute atomic E-state index is 0.123. The lowest BCUT2D eigenvalue weighted by atomic mass is 10.0. The van der Waals surface area contributed by atoms with Crippen molar-refractivity contribution < 1.29 is 14.3 Å². The van der Waals surface area contributed by atoms with Gasteiger partial charge in [0.2, 0.25) is 5.91 Å². The van der Waals surface area contributed by atoms with Crippen LogP contribution in [0.5, 0.6) is 0 Å². The van der Waals surface area contributed by atoms with Gasteiger partial charge in [-0.15, -0.1) is 0 Å². The first-order valence-corrected chi connectivity index (χ1v) is 7.80. The van der Waals surface area contributed by atoms with Crippen molar-refractivity contribution in [3.8, 4) is 0 Å². The van der Waals surface area contributed by atoms with Gasteiger partial charge in [0, 0.05) is 37.9 Å². The van der Waals surface area contributed by atoms with Gasteiger partial charge in [-0.1, -0.05) is 6.07 Å². The normalized spacial score (nSPS) is 20.4. The second-order valence-corrected chi connectivity index (χ2v) is 5.48. The second kappa shape index (κ2) is 7.69. The number of aryl methyl sites for hydroxylation is 1. The highest BCUT2D eigenvalue weighted by Gasteiger charge is 2.35. The highest BCUT2D eigenvalue weighted by molar-refractivity contribution is 5.86. The van der Waals surface area contributed by atoms with Crippen molar-refractivity contribution in [2.24, 2.45) is 0 Å². The molecule has 0 saturated carbocycles. The van der Waals surface area contributed by atoms with Crippen molar-refractivity contribution in [3.63, 3.8) is 0 Å². The first kappa shape index (κ1) is 16.1. The van der Waals surface area contributed by atoms with E-state index in [2.05, 4.69) is 20.7 Å². The summed E-state index contributed by atoms with van der Waals surface area (Å²) < 4.78 is 7.26. The molecule has 0 radical (unpaired) electrons. The third-order valence-electron chi connectivity index (χ3n) is 3.74. The molecule has 3 heterocycles. The predicted molar refractivity (Wildman–Crippen MR) is 84.7 cm³/mol. The Bertz CT molecular complexity index is 674. The maximum atomic E-state index is 12.4. The summed E-state index contributed by atoms with van der Waals surface area (Å²) >= 11 is 0. The highest BCUT2D eigenvalue weighted by atomic mass is 16.5. The Morgan fingerprint density at radius 1 is 1.42 bits per heavy atom. The summed E-state index contributed by atoms with van der Waals surface area (Å²) in [6, 6.07) is 4.89. The quantitative estimate of drug-likeness (QED) is 0.729. The number of hydrogen-bond acceptors (Lipinski definition) is 5. The number of carbonyl (C=O) groups excluding carboxylic acids is 2. The van der Waals surface area contributed by atoms with Crippen molar-refractivity contribution in [1.82, 2.24) is 25.4 Å². The fourth-order valence-corrected chi connectivity index (χ4v) is 2.58. The molecule has 2 N–H and O–H groups in total. The molecule has 2 aromatic heterocycles. The van der Waals surface area contributed by atoms with E-state index in [1.54, 1.807) is 24.7 Å². The summed E-state index contributed by atoms with van der Waals surface area (Å²) in [6.45, 7) is 1.11. The van der Waals surface area contributed by atoms with Crippen LogP contribution in [0.4, 0.5) is 0 Å². The van der Waals surface area contributed by atoms with Gasteiger partial charge < -0.3 is 15.4 Å². The third kappa shape index (κ3) is 3.96. The Kier molecular flexibility index (Phi) is 5.17. The molecule has 0 spiro atoms. The van der Waals surface area contributed by atoms with Crippen LogP contribution in [0.3, 0.4) is 0 Å². The first-order valence-electron chi connectivity index (χ1n) is 7.80. The molecule has 1 saturated heterocycles. The molecule has 3 rings (SSSR count). The van der Waals surface area contributed by atoms with Gasteiger partial charge in [0.25, 0.3) is 5.91 Å². The number of morpholine rings is 1. The number of aromatic nitrogens is 3. The number of nitrogens with one attached hydrogen (secondary N) is 2. The number of hydrogen-bond donors (Lipinski definition) is 2. The number of rotatable bonds is 6. The van der Waals surface area contributed by atoms with E-state index in [1.807, 2.05) is 23.0 Å². The first-order chi connectivity index (χ1) is 11.7. The highest BCUT2D eigenvalue weighted by Crippen LogP contribution is 2.21. The van der Waals surface area contributed by atoms with E-state index in [0.29, 0.717) is 6.54 Å². The Hall–Kier alpha value is -2.74. The van der Waals surface area contributed by atoms with Crippen molar-refractivity contribution in [2.75, 3.05) is 13.2 Å². The summed E-state index contributed by atoms with van der Waals surface area (Å²) in [5.41, 5.74) is 0.738. The van der Waals surface area contributed by atoms with Gasteiger partial charge >= 0.3 is 0 Å². The van der Waals surface area contributed by atoms with E-state index in [1.165, 1.54) is 0 Å². The molecule has 126 valence electrons. The fraction of sp³-hybridized carbons (Fsp3) is 0.375. The van der Waals surface area contributed by atoms with Crippen molar-refractivity contribution in [3.05, 3.63) is 48.5 Å². The van der Waals surface area contributed by atoms with Crippen LogP contribution in [0.1, 0.15) is 18.0 Å². The monoisotopic (exact) mass is 329 g/mol. The van der Waals surface area contributed by atoms with E-state index < -0.39 is 12.1 Å². The smallest absolute Gasteiger partial charge is 0.251 e. The van der Waals surface area contributed by atoms with E-state index in [0.717, 1.165) is 18.5 Å². The minimum Gasteiger partial charge on any atom is -0.356 e. The largest absolute Gasteiger partial charge is 0.356 e. The van der Waals surface area contributed by atoms with Gasteiger partial charge in [-0.25, -0.2) is 0 Å². The van der Waals surface area contributed by atoms with Gasteiger partial charge in [-0.2, -0.15) is 5.10 Å². The van der Waals surface area contributed by atoms with Gasteiger partial charge in [0.05, 0.1) is 6.04 Å². The summed E-state index contributed by atoms with van der Waals surface area (Å²) in [6.07, 6.45) is 6.84. The Balaban J connectivity index is 1.56. The zero-order chi connectivity index (χ0) is 16.8. The standard InChI is InChI=1S/C16H19N5O3/c22-13-11-24-15(14(20-13)12-4-1-5-17-10-12)16(23)18-6-2-8-21-9-3-7-19-21/h1,3-5,7,9-10,14-15H,2,6,8,11H2,(H,18,23)(H,20,22)/t14-,15+/m1/s1. The van der Waals surface area contributed by atoms with Crippen LogP contribution in [0.15, 0.2) is 43.0 Å². The van der Waals surface area contributed by atoms with E-state index in [9.17, 15) is 9.59 Å². The van der Waals surface area contributed by atoms with E-state index in [4.69, 9.17) is 4.74 Å². The molecule has 2 amide bonds. The molecule has 8 heteroatoms. The summed E-state index contributed by atoms with van der Waals surface area (Å²) in [5.74, 6) is -0.490. The van der Waals surface area contributed by atoms with Gasteiger partial charge in [-0.05, 0) is 24.1 Å². The molecule has 0 aromatic carbocycles. The average molecular weight is 329 g/mol.